The second-order valence-corrected chi connectivity index (χ2v) is 4.98. The molecule has 94 valence electrons. The summed E-state index contributed by atoms with van der Waals surface area (Å²) in [5.74, 6) is 0.812. The van der Waals surface area contributed by atoms with E-state index in [4.69, 9.17) is 0 Å². The number of nitrogens with zero attached hydrogens (tertiary/aromatic N) is 3. The summed E-state index contributed by atoms with van der Waals surface area (Å²) in [5, 5.41) is 6.05. The van der Waals surface area contributed by atoms with Crippen LogP contribution in [0.1, 0.15) is 5.56 Å². The molecule has 0 saturated heterocycles. The Morgan fingerprint density at radius 3 is 2.95 bits per heavy atom. The first-order valence-corrected chi connectivity index (χ1v) is 6.75. The average molecular weight is 268 g/mol. The minimum atomic E-state index is 0.812. The van der Waals surface area contributed by atoms with Gasteiger partial charge in [0, 0.05) is 29.5 Å². The van der Waals surface area contributed by atoms with Gasteiger partial charge in [-0.05, 0) is 36.8 Å². The normalized spacial score (nSPS) is 10.4. The van der Waals surface area contributed by atoms with Crippen molar-refractivity contribution in [3.63, 3.8) is 0 Å². The van der Waals surface area contributed by atoms with Crippen molar-refractivity contribution < 1.29 is 0 Å². The number of thiazole rings is 1. The first kappa shape index (κ1) is 11.8. The lowest BCUT2D eigenvalue weighted by atomic mass is 10.2. The van der Waals surface area contributed by atoms with E-state index >= 15 is 0 Å². The van der Waals surface area contributed by atoms with Gasteiger partial charge in [-0.2, -0.15) is 0 Å². The molecule has 0 saturated carbocycles. The van der Waals surface area contributed by atoms with Crippen molar-refractivity contribution in [2.75, 3.05) is 5.32 Å². The summed E-state index contributed by atoms with van der Waals surface area (Å²) < 4.78 is 0. The van der Waals surface area contributed by atoms with E-state index < -0.39 is 0 Å². The molecule has 3 aromatic heterocycles. The zero-order valence-corrected chi connectivity index (χ0v) is 11.2. The third-order valence-electron chi connectivity index (χ3n) is 2.61. The van der Waals surface area contributed by atoms with Crippen LogP contribution in [-0.2, 0) is 0 Å². The second kappa shape index (κ2) is 5.16. The molecule has 0 aliphatic rings. The highest BCUT2D eigenvalue weighted by molar-refractivity contribution is 7.14. The summed E-state index contributed by atoms with van der Waals surface area (Å²) in [6.45, 7) is 2.04. The second-order valence-electron chi connectivity index (χ2n) is 4.12. The van der Waals surface area contributed by atoms with Crippen molar-refractivity contribution in [2.45, 2.75) is 6.92 Å². The van der Waals surface area contributed by atoms with Crippen LogP contribution in [0.5, 0.6) is 0 Å². The summed E-state index contributed by atoms with van der Waals surface area (Å²) in [4.78, 5) is 12.9. The highest BCUT2D eigenvalue weighted by Gasteiger charge is 2.05. The van der Waals surface area contributed by atoms with Crippen LogP contribution in [0, 0.1) is 6.92 Å². The number of hydrogen-bond acceptors (Lipinski definition) is 5. The van der Waals surface area contributed by atoms with Crippen LogP contribution in [0.3, 0.4) is 0 Å². The highest BCUT2D eigenvalue weighted by atomic mass is 32.1. The lowest BCUT2D eigenvalue weighted by Crippen LogP contribution is -1.93. The van der Waals surface area contributed by atoms with Crippen molar-refractivity contribution >= 4 is 22.3 Å². The summed E-state index contributed by atoms with van der Waals surface area (Å²) >= 11 is 1.56. The number of nitrogens with one attached hydrogen (secondary N) is 1. The molecule has 0 aromatic carbocycles. The quantitative estimate of drug-likeness (QED) is 0.787. The van der Waals surface area contributed by atoms with Crippen LogP contribution in [0.4, 0.5) is 10.9 Å². The standard InChI is InChI=1S/C14H12N4S/c1-10-4-6-16-13(7-10)18-14-17-12(9-19-14)11-3-2-5-15-8-11/h2-9H,1H3,(H,16,17,18). The molecule has 19 heavy (non-hydrogen) atoms. The van der Waals surface area contributed by atoms with Crippen molar-refractivity contribution in [1.29, 1.82) is 0 Å². The van der Waals surface area contributed by atoms with Gasteiger partial charge in [-0.25, -0.2) is 9.97 Å². The SMILES string of the molecule is Cc1ccnc(Nc2nc(-c3cccnc3)cs2)c1. The van der Waals surface area contributed by atoms with Crippen LogP contribution >= 0.6 is 11.3 Å². The van der Waals surface area contributed by atoms with Gasteiger partial charge in [-0.3, -0.25) is 4.98 Å². The van der Waals surface area contributed by atoms with Crippen LogP contribution in [0.15, 0.2) is 48.2 Å². The van der Waals surface area contributed by atoms with Gasteiger partial charge in [0.2, 0.25) is 0 Å². The molecule has 4 nitrogen and oxygen atoms in total. The summed E-state index contributed by atoms with van der Waals surface area (Å²) in [7, 11) is 0. The average Bonchev–Trinajstić information content (AvgIpc) is 2.88. The first-order chi connectivity index (χ1) is 9.31. The van der Waals surface area contributed by atoms with Gasteiger partial charge in [-0.1, -0.05) is 0 Å². The fraction of sp³-hybridized carbons (Fsp3) is 0.0714. The summed E-state index contributed by atoms with van der Waals surface area (Å²) in [6.07, 6.45) is 5.35. The molecule has 3 aromatic rings. The van der Waals surface area contributed by atoms with Gasteiger partial charge < -0.3 is 5.32 Å². The predicted molar refractivity (Wildman–Crippen MR) is 77.6 cm³/mol. The molecule has 0 amide bonds. The van der Waals surface area contributed by atoms with E-state index in [1.165, 1.54) is 5.56 Å². The Morgan fingerprint density at radius 1 is 1.21 bits per heavy atom. The molecule has 0 radical (unpaired) electrons. The highest BCUT2D eigenvalue weighted by Crippen LogP contribution is 2.26. The minimum Gasteiger partial charge on any atom is -0.316 e. The molecule has 3 rings (SSSR count). The molecule has 0 fully saturated rings. The topological polar surface area (TPSA) is 50.7 Å². The Balaban J connectivity index is 1.82. The molecule has 5 heteroatoms. The Bertz CT molecular complexity index is 679. The lowest BCUT2D eigenvalue weighted by Gasteiger charge is -2.01. The van der Waals surface area contributed by atoms with Crippen LogP contribution in [0.2, 0.25) is 0 Å². The van der Waals surface area contributed by atoms with Crippen LogP contribution < -0.4 is 5.32 Å². The fourth-order valence-corrected chi connectivity index (χ4v) is 2.42. The largest absolute Gasteiger partial charge is 0.316 e. The van der Waals surface area contributed by atoms with E-state index in [-0.39, 0.29) is 0 Å². The number of aromatic nitrogens is 3. The maximum Gasteiger partial charge on any atom is 0.188 e. The van der Waals surface area contributed by atoms with Gasteiger partial charge in [0.05, 0.1) is 5.69 Å². The first-order valence-electron chi connectivity index (χ1n) is 5.87. The molecule has 0 bridgehead atoms. The van der Waals surface area contributed by atoms with E-state index in [1.807, 2.05) is 42.8 Å². The van der Waals surface area contributed by atoms with Crippen LogP contribution in [0.25, 0.3) is 11.3 Å². The molecule has 1 N–H and O–H groups in total. The van der Waals surface area contributed by atoms with Crippen molar-refractivity contribution in [2.24, 2.45) is 0 Å². The van der Waals surface area contributed by atoms with Crippen molar-refractivity contribution in [1.82, 2.24) is 15.0 Å². The van der Waals surface area contributed by atoms with Crippen molar-refractivity contribution in [3.05, 3.63) is 53.8 Å². The third kappa shape index (κ3) is 2.77. The zero-order chi connectivity index (χ0) is 13.1. The zero-order valence-electron chi connectivity index (χ0n) is 10.4. The maximum absolute atomic E-state index is 4.53. The molecular weight excluding hydrogens is 256 g/mol. The maximum atomic E-state index is 4.53. The summed E-state index contributed by atoms with van der Waals surface area (Å²) in [5.41, 5.74) is 3.11. The van der Waals surface area contributed by atoms with Gasteiger partial charge in [0.15, 0.2) is 5.13 Å². The van der Waals surface area contributed by atoms with Crippen molar-refractivity contribution in [3.8, 4) is 11.3 Å². The number of pyridine rings is 2. The Hall–Kier alpha value is -2.27. The molecular formula is C14H12N4S. The number of anilines is 2. The Kier molecular flexibility index (Phi) is 3.20. The molecule has 0 aliphatic carbocycles. The van der Waals surface area contributed by atoms with E-state index in [2.05, 4.69) is 20.3 Å². The Morgan fingerprint density at radius 2 is 2.16 bits per heavy atom. The molecule has 0 unspecified atom stereocenters. The molecule has 0 spiro atoms. The smallest absolute Gasteiger partial charge is 0.188 e. The number of aryl methyl sites for hydroxylation is 1. The van der Waals surface area contributed by atoms with Gasteiger partial charge in [-0.15, -0.1) is 11.3 Å². The van der Waals surface area contributed by atoms with E-state index in [9.17, 15) is 0 Å². The Labute approximate surface area is 115 Å². The minimum absolute atomic E-state index is 0.812. The van der Waals surface area contributed by atoms with E-state index in [0.717, 1.165) is 22.2 Å². The molecule has 0 aliphatic heterocycles. The summed E-state index contributed by atoms with van der Waals surface area (Å²) in [6, 6.07) is 7.86. The molecule has 3 heterocycles. The predicted octanol–water partition coefficient (Wildman–Crippen LogP) is 3.65. The monoisotopic (exact) mass is 268 g/mol. The lowest BCUT2D eigenvalue weighted by molar-refractivity contribution is 1.26. The fourth-order valence-electron chi connectivity index (χ4n) is 1.69. The van der Waals surface area contributed by atoms with Gasteiger partial charge in [0.25, 0.3) is 0 Å². The number of rotatable bonds is 3. The number of hydrogen-bond donors (Lipinski definition) is 1. The molecule has 0 atom stereocenters. The van der Waals surface area contributed by atoms with E-state index in [1.54, 1.807) is 23.7 Å². The van der Waals surface area contributed by atoms with Gasteiger partial charge >= 0.3 is 0 Å². The van der Waals surface area contributed by atoms with Gasteiger partial charge in [0.1, 0.15) is 5.82 Å². The third-order valence-corrected chi connectivity index (χ3v) is 3.37. The van der Waals surface area contributed by atoms with Crippen LogP contribution in [-0.4, -0.2) is 15.0 Å². The van der Waals surface area contributed by atoms with E-state index in [0.29, 0.717) is 0 Å².